The van der Waals surface area contributed by atoms with Crippen LogP contribution in [0.15, 0.2) is 48.8 Å². The van der Waals surface area contributed by atoms with Crippen molar-refractivity contribution in [2.75, 3.05) is 26.2 Å². The number of urea groups is 1. The highest BCUT2D eigenvalue weighted by molar-refractivity contribution is 5.75. The Bertz CT molecular complexity index is 801. The smallest absolute Gasteiger partial charge is 0.317 e. The van der Waals surface area contributed by atoms with Crippen LogP contribution in [0, 0.1) is 5.92 Å². The number of carbonyl (C=O) groups excluding carboxylic acids is 1. The lowest BCUT2D eigenvalue weighted by Crippen LogP contribution is -2.52. The third-order valence-electron chi connectivity index (χ3n) is 6.14. The monoisotopic (exact) mass is 348 g/mol. The van der Waals surface area contributed by atoms with Crippen LogP contribution in [0.4, 0.5) is 4.79 Å². The van der Waals surface area contributed by atoms with Crippen molar-refractivity contribution in [1.29, 1.82) is 0 Å². The lowest BCUT2D eigenvalue weighted by molar-refractivity contribution is 0.134. The van der Waals surface area contributed by atoms with Crippen molar-refractivity contribution >= 4 is 6.03 Å². The summed E-state index contributed by atoms with van der Waals surface area (Å²) in [7, 11) is 0. The summed E-state index contributed by atoms with van der Waals surface area (Å²) in [6, 6.07) is 13.2. The Morgan fingerprint density at radius 2 is 1.85 bits per heavy atom. The van der Waals surface area contributed by atoms with Gasteiger partial charge >= 0.3 is 6.03 Å². The molecule has 1 saturated carbocycles. The van der Waals surface area contributed by atoms with Crippen LogP contribution in [0.3, 0.4) is 0 Å². The maximum absolute atomic E-state index is 12.6. The van der Waals surface area contributed by atoms with E-state index in [1.807, 2.05) is 17.3 Å². The first-order valence-corrected chi connectivity index (χ1v) is 9.54. The van der Waals surface area contributed by atoms with Gasteiger partial charge in [0.1, 0.15) is 0 Å². The van der Waals surface area contributed by atoms with Crippen LogP contribution in [0.25, 0.3) is 0 Å². The Labute approximate surface area is 154 Å². The van der Waals surface area contributed by atoms with Gasteiger partial charge in [-0.1, -0.05) is 24.3 Å². The topological polar surface area (TPSA) is 48.5 Å². The molecule has 0 spiro atoms. The van der Waals surface area contributed by atoms with Crippen molar-refractivity contribution in [1.82, 2.24) is 20.1 Å². The van der Waals surface area contributed by atoms with E-state index in [0.717, 1.165) is 39.1 Å². The molecule has 2 fully saturated rings. The van der Waals surface area contributed by atoms with Gasteiger partial charge in [0, 0.05) is 57.1 Å². The van der Waals surface area contributed by atoms with E-state index in [-0.39, 0.29) is 6.03 Å². The first-order chi connectivity index (χ1) is 12.8. The molecule has 2 aromatic rings. The molecule has 1 aromatic carbocycles. The van der Waals surface area contributed by atoms with Crippen LogP contribution in [0.1, 0.15) is 22.6 Å². The molecule has 5 heteroatoms. The summed E-state index contributed by atoms with van der Waals surface area (Å²) in [5, 5.41) is 3.29. The fraction of sp³-hybridized carbons (Fsp3) is 0.429. The summed E-state index contributed by atoms with van der Waals surface area (Å²) in [4.78, 5) is 21.1. The number of rotatable bonds is 3. The van der Waals surface area contributed by atoms with E-state index in [0.29, 0.717) is 17.9 Å². The van der Waals surface area contributed by atoms with Crippen LogP contribution < -0.4 is 5.32 Å². The highest BCUT2D eigenvalue weighted by Crippen LogP contribution is 2.56. The van der Waals surface area contributed by atoms with E-state index in [1.165, 1.54) is 16.7 Å². The number of benzene rings is 1. The van der Waals surface area contributed by atoms with Gasteiger partial charge in [-0.25, -0.2) is 4.79 Å². The number of nitrogens with zero attached hydrogens (tertiary/aromatic N) is 3. The zero-order valence-corrected chi connectivity index (χ0v) is 14.8. The molecule has 0 bridgehead atoms. The van der Waals surface area contributed by atoms with E-state index < -0.39 is 0 Å². The van der Waals surface area contributed by atoms with Crippen LogP contribution in [-0.2, 0) is 13.0 Å². The Morgan fingerprint density at radius 3 is 2.65 bits per heavy atom. The predicted molar refractivity (Wildman–Crippen MR) is 99.8 cm³/mol. The second-order valence-corrected chi connectivity index (χ2v) is 7.69. The molecule has 2 amide bonds. The van der Waals surface area contributed by atoms with Gasteiger partial charge in [-0.2, -0.15) is 0 Å². The van der Waals surface area contributed by atoms with Gasteiger partial charge in [-0.3, -0.25) is 9.88 Å². The first kappa shape index (κ1) is 15.8. The molecule has 26 heavy (non-hydrogen) atoms. The highest BCUT2D eigenvalue weighted by atomic mass is 16.2. The molecule has 0 unspecified atom stereocenters. The van der Waals surface area contributed by atoms with Crippen LogP contribution >= 0.6 is 0 Å². The van der Waals surface area contributed by atoms with Gasteiger partial charge in [-0.15, -0.1) is 0 Å². The second kappa shape index (κ2) is 6.40. The maximum atomic E-state index is 12.6. The van der Waals surface area contributed by atoms with E-state index in [2.05, 4.69) is 51.6 Å². The van der Waals surface area contributed by atoms with Crippen molar-refractivity contribution in [2.24, 2.45) is 5.92 Å². The Morgan fingerprint density at radius 1 is 1.08 bits per heavy atom. The minimum absolute atomic E-state index is 0.116. The van der Waals surface area contributed by atoms with Crippen molar-refractivity contribution in [2.45, 2.75) is 24.9 Å². The summed E-state index contributed by atoms with van der Waals surface area (Å²) in [6.45, 7) is 4.39. The standard InChI is InChI=1S/C21H24N4O/c26-21(23-20-18-13-16-3-1-2-4-17(16)19(18)20)25-11-9-24(10-12-25)14-15-5-7-22-8-6-15/h1-8,18-20H,9-14H2,(H,23,26)/t18-,19-,20-/m1/s1. The predicted octanol–water partition coefficient (Wildman–Crippen LogP) is 2.25. The fourth-order valence-electron chi connectivity index (χ4n) is 4.64. The number of hydrogen-bond donors (Lipinski definition) is 1. The Balaban J connectivity index is 1.12. The van der Waals surface area contributed by atoms with Crippen LogP contribution in [-0.4, -0.2) is 53.0 Å². The number of nitrogens with one attached hydrogen (secondary N) is 1. The third kappa shape index (κ3) is 2.86. The second-order valence-electron chi connectivity index (χ2n) is 7.69. The molecule has 2 heterocycles. The fourth-order valence-corrected chi connectivity index (χ4v) is 4.64. The van der Waals surface area contributed by atoms with E-state index in [1.54, 1.807) is 0 Å². The average molecular weight is 348 g/mol. The summed E-state index contributed by atoms with van der Waals surface area (Å²) in [5.74, 6) is 1.16. The highest BCUT2D eigenvalue weighted by Gasteiger charge is 2.56. The molecule has 5 nitrogen and oxygen atoms in total. The molecule has 5 rings (SSSR count). The molecule has 1 saturated heterocycles. The average Bonchev–Trinajstić information content (AvgIpc) is 3.19. The van der Waals surface area contributed by atoms with Crippen LogP contribution in [0.2, 0.25) is 0 Å². The van der Waals surface area contributed by atoms with E-state index >= 15 is 0 Å². The SMILES string of the molecule is O=C(N[C@@H]1[C@@H]2Cc3ccccc3[C@H]21)N1CCN(Cc2ccncc2)CC1. The number of pyridine rings is 1. The number of fused-ring (bicyclic) bond motifs is 3. The maximum Gasteiger partial charge on any atom is 0.317 e. The van der Waals surface area contributed by atoms with Crippen molar-refractivity contribution in [3.05, 3.63) is 65.5 Å². The quantitative estimate of drug-likeness (QED) is 0.925. The van der Waals surface area contributed by atoms with Gasteiger partial charge in [0.2, 0.25) is 0 Å². The molecule has 3 atom stereocenters. The van der Waals surface area contributed by atoms with Crippen molar-refractivity contribution < 1.29 is 4.79 Å². The Kier molecular flexibility index (Phi) is 3.89. The van der Waals surface area contributed by atoms with Crippen LogP contribution in [0.5, 0.6) is 0 Å². The van der Waals surface area contributed by atoms with Gasteiger partial charge in [0.05, 0.1) is 0 Å². The van der Waals surface area contributed by atoms with Gasteiger partial charge in [-0.05, 0) is 41.2 Å². The van der Waals surface area contributed by atoms with Crippen molar-refractivity contribution in [3.8, 4) is 0 Å². The zero-order chi connectivity index (χ0) is 17.5. The van der Waals surface area contributed by atoms with Gasteiger partial charge < -0.3 is 10.2 Å². The third-order valence-corrected chi connectivity index (χ3v) is 6.14. The molecule has 3 aliphatic rings. The lowest BCUT2D eigenvalue weighted by Gasteiger charge is -2.34. The summed E-state index contributed by atoms with van der Waals surface area (Å²) < 4.78 is 0. The van der Waals surface area contributed by atoms with E-state index in [9.17, 15) is 4.79 Å². The summed E-state index contributed by atoms with van der Waals surface area (Å²) in [6.07, 6.45) is 4.79. The molecule has 0 radical (unpaired) electrons. The zero-order valence-electron chi connectivity index (χ0n) is 14.8. The number of hydrogen-bond acceptors (Lipinski definition) is 3. The largest absolute Gasteiger partial charge is 0.334 e. The molecule has 1 N–H and O–H groups in total. The molecular weight excluding hydrogens is 324 g/mol. The molecular formula is C21H24N4O. The van der Waals surface area contributed by atoms with Crippen molar-refractivity contribution in [3.63, 3.8) is 0 Å². The normalized spacial score (nSPS) is 26.9. The lowest BCUT2D eigenvalue weighted by atomic mass is 10.1. The minimum atomic E-state index is 0.116. The van der Waals surface area contributed by atoms with Gasteiger partial charge in [0.15, 0.2) is 0 Å². The number of aromatic nitrogens is 1. The van der Waals surface area contributed by atoms with E-state index in [4.69, 9.17) is 0 Å². The Hall–Kier alpha value is -2.40. The number of piperazine rings is 1. The molecule has 1 aliphatic heterocycles. The molecule has 1 aromatic heterocycles. The summed E-state index contributed by atoms with van der Waals surface area (Å²) >= 11 is 0. The van der Waals surface area contributed by atoms with Gasteiger partial charge in [0.25, 0.3) is 0 Å². The summed E-state index contributed by atoms with van der Waals surface area (Å²) in [5.41, 5.74) is 4.20. The minimum Gasteiger partial charge on any atom is -0.334 e. The first-order valence-electron chi connectivity index (χ1n) is 9.54. The number of carbonyl (C=O) groups is 1. The molecule has 134 valence electrons. The molecule has 2 aliphatic carbocycles. The number of amides is 2.